The molecule has 3 nitrogen and oxygen atoms in total. The van der Waals surface area contributed by atoms with Gasteiger partial charge in [-0.05, 0) is 48.7 Å². The molecular weight excluding hydrogens is 423 g/mol. The molecule has 6 heteroatoms. The molecule has 2 aromatic carbocycles. The molecule has 24 heavy (non-hydrogen) atoms. The van der Waals surface area contributed by atoms with Crippen LogP contribution in [0.15, 0.2) is 53.5 Å². The lowest BCUT2D eigenvalue weighted by molar-refractivity contribution is 0.625. The summed E-state index contributed by atoms with van der Waals surface area (Å²) in [5.74, 6) is 0.213. The van der Waals surface area contributed by atoms with Gasteiger partial charge in [-0.25, -0.2) is 13.8 Å². The minimum absolute atomic E-state index is 0. The van der Waals surface area contributed by atoms with Crippen LogP contribution < -0.4 is 10.6 Å². The first kappa shape index (κ1) is 20.3. The van der Waals surface area contributed by atoms with E-state index in [2.05, 4.69) is 15.6 Å². The highest BCUT2D eigenvalue weighted by molar-refractivity contribution is 14.0. The van der Waals surface area contributed by atoms with Crippen molar-refractivity contribution in [3.05, 3.63) is 71.3 Å². The van der Waals surface area contributed by atoms with Crippen LogP contribution >= 0.6 is 24.0 Å². The zero-order valence-corrected chi connectivity index (χ0v) is 15.9. The Kier molecular flexibility index (Phi) is 9.29. The van der Waals surface area contributed by atoms with E-state index in [1.807, 2.05) is 13.0 Å². The molecule has 0 fully saturated rings. The summed E-state index contributed by atoms with van der Waals surface area (Å²) in [6.45, 7) is 3.85. The predicted octanol–water partition coefficient (Wildman–Crippen LogP) is 3.88. The number of nitrogens with one attached hydrogen (secondary N) is 2. The summed E-state index contributed by atoms with van der Waals surface area (Å²) in [6.07, 6.45) is 0.707. The highest BCUT2D eigenvalue weighted by Crippen LogP contribution is 2.05. The Morgan fingerprint density at radius 2 is 1.71 bits per heavy atom. The van der Waals surface area contributed by atoms with Crippen molar-refractivity contribution in [2.75, 3.05) is 13.1 Å². The number of aliphatic imine (C=N–C) groups is 1. The summed E-state index contributed by atoms with van der Waals surface area (Å²) in [4.78, 5) is 4.46. The van der Waals surface area contributed by atoms with E-state index in [9.17, 15) is 8.78 Å². The molecule has 2 rings (SSSR count). The van der Waals surface area contributed by atoms with Crippen LogP contribution in [0.3, 0.4) is 0 Å². The molecular formula is C18H22F2IN3. The Morgan fingerprint density at radius 3 is 2.38 bits per heavy atom. The lowest BCUT2D eigenvalue weighted by Crippen LogP contribution is -2.38. The molecule has 0 aliphatic carbocycles. The number of benzene rings is 2. The Hall–Kier alpha value is -1.70. The molecule has 0 aliphatic heterocycles. The molecule has 0 unspecified atom stereocenters. The van der Waals surface area contributed by atoms with Gasteiger partial charge in [0.05, 0.1) is 6.54 Å². The monoisotopic (exact) mass is 445 g/mol. The fourth-order valence-electron chi connectivity index (χ4n) is 2.12. The summed E-state index contributed by atoms with van der Waals surface area (Å²) in [5, 5.41) is 6.37. The third kappa shape index (κ3) is 7.25. The van der Waals surface area contributed by atoms with E-state index >= 15 is 0 Å². The maximum Gasteiger partial charge on any atom is 0.191 e. The maximum atomic E-state index is 13.1. The summed E-state index contributed by atoms with van der Waals surface area (Å²) >= 11 is 0. The van der Waals surface area contributed by atoms with Crippen LogP contribution in [-0.4, -0.2) is 19.0 Å². The molecule has 2 aromatic rings. The van der Waals surface area contributed by atoms with Crippen molar-refractivity contribution < 1.29 is 8.78 Å². The molecule has 0 heterocycles. The Labute approximate surface area is 158 Å². The molecule has 0 amide bonds. The molecule has 130 valence electrons. The lowest BCUT2D eigenvalue weighted by atomic mass is 10.1. The lowest BCUT2D eigenvalue weighted by Gasteiger charge is -2.11. The Morgan fingerprint density at radius 1 is 0.958 bits per heavy atom. The zero-order valence-electron chi connectivity index (χ0n) is 13.6. The number of guanidine groups is 1. The van der Waals surface area contributed by atoms with Crippen molar-refractivity contribution in [1.29, 1.82) is 0 Å². The van der Waals surface area contributed by atoms with Crippen molar-refractivity contribution in [2.24, 2.45) is 4.99 Å². The fourth-order valence-corrected chi connectivity index (χ4v) is 2.12. The van der Waals surface area contributed by atoms with Gasteiger partial charge in [-0.3, -0.25) is 0 Å². The van der Waals surface area contributed by atoms with E-state index in [0.29, 0.717) is 25.5 Å². The van der Waals surface area contributed by atoms with Gasteiger partial charge >= 0.3 is 0 Å². The van der Waals surface area contributed by atoms with Gasteiger partial charge in [-0.15, -0.1) is 24.0 Å². The first-order chi connectivity index (χ1) is 11.2. The average Bonchev–Trinajstić information content (AvgIpc) is 2.54. The Balaban J connectivity index is 0.00000288. The number of hydrogen-bond donors (Lipinski definition) is 2. The predicted molar refractivity (Wildman–Crippen MR) is 105 cm³/mol. The van der Waals surface area contributed by atoms with Crippen LogP contribution in [0.4, 0.5) is 8.78 Å². The second-order valence-electron chi connectivity index (χ2n) is 5.13. The van der Waals surface area contributed by atoms with Gasteiger partial charge < -0.3 is 10.6 Å². The van der Waals surface area contributed by atoms with Gasteiger partial charge in [0.2, 0.25) is 0 Å². The normalized spacial score (nSPS) is 10.9. The number of hydrogen-bond acceptors (Lipinski definition) is 1. The molecule has 0 bridgehead atoms. The van der Waals surface area contributed by atoms with Crippen LogP contribution in [-0.2, 0) is 13.0 Å². The molecule has 0 atom stereocenters. The van der Waals surface area contributed by atoms with Crippen molar-refractivity contribution in [1.82, 2.24) is 10.6 Å². The molecule has 2 N–H and O–H groups in total. The third-order valence-corrected chi connectivity index (χ3v) is 3.27. The van der Waals surface area contributed by atoms with Crippen LogP contribution in [0.5, 0.6) is 0 Å². The van der Waals surface area contributed by atoms with Gasteiger partial charge in [0.1, 0.15) is 11.6 Å². The smallest absolute Gasteiger partial charge is 0.191 e. The van der Waals surface area contributed by atoms with Crippen LogP contribution in [0.25, 0.3) is 0 Å². The molecule has 0 spiro atoms. The number of nitrogens with zero attached hydrogens (tertiary/aromatic N) is 1. The van der Waals surface area contributed by atoms with Crippen LogP contribution in [0.1, 0.15) is 18.1 Å². The zero-order chi connectivity index (χ0) is 16.5. The summed E-state index contributed by atoms with van der Waals surface area (Å²) in [5.41, 5.74) is 1.88. The van der Waals surface area contributed by atoms with Gasteiger partial charge in [0.15, 0.2) is 5.96 Å². The van der Waals surface area contributed by atoms with E-state index in [4.69, 9.17) is 0 Å². The molecule has 0 radical (unpaired) electrons. The average molecular weight is 445 g/mol. The largest absolute Gasteiger partial charge is 0.357 e. The molecule has 0 saturated heterocycles. The van der Waals surface area contributed by atoms with Crippen molar-refractivity contribution in [3.63, 3.8) is 0 Å². The van der Waals surface area contributed by atoms with Crippen molar-refractivity contribution in [2.45, 2.75) is 19.9 Å². The minimum Gasteiger partial charge on any atom is -0.357 e. The van der Waals surface area contributed by atoms with E-state index < -0.39 is 0 Å². The van der Waals surface area contributed by atoms with Gasteiger partial charge in [-0.1, -0.05) is 24.3 Å². The topological polar surface area (TPSA) is 36.4 Å². The fraction of sp³-hybridized carbons (Fsp3) is 0.278. The molecule has 0 aliphatic rings. The first-order valence-corrected chi connectivity index (χ1v) is 7.68. The minimum atomic E-state index is -0.252. The SMILES string of the molecule is CCNC(=NCc1ccc(F)cc1)NCCc1cccc(F)c1.I. The van der Waals surface area contributed by atoms with Gasteiger partial charge in [0.25, 0.3) is 0 Å². The van der Waals surface area contributed by atoms with Crippen molar-refractivity contribution in [3.8, 4) is 0 Å². The molecule has 0 saturated carbocycles. The highest BCUT2D eigenvalue weighted by Gasteiger charge is 2.00. The first-order valence-electron chi connectivity index (χ1n) is 7.68. The second-order valence-corrected chi connectivity index (χ2v) is 5.13. The van der Waals surface area contributed by atoms with Crippen LogP contribution in [0.2, 0.25) is 0 Å². The summed E-state index contributed by atoms with van der Waals surface area (Å²) < 4.78 is 26.0. The summed E-state index contributed by atoms with van der Waals surface area (Å²) in [7, 11) is 0. The number of rotatable bonds is 6. The molecule has 0 aromatic heterocycles. The van der Waals surface area contributed by atoms with E-state index in [-0.39, 0.29) is 35.6 Å². The van der Waals surface area contributed by atoms with Gasteiger partial charge in [-0.2, -0.15) is 0 Å². The standard InChI is InChI=1S/C18H21F2N3.HI/c1-2-21-18(23-13-15-6-8-16(19)9-7-15)22-11-10-14-4-3-5-17(20)12-14;/h3-9,12H,2,10-11,13H2,1H3,(H2,21,22,23);1H. The van der Waals surface area contributed by atoms with Crippen molar-refractivity contribution >= 4 is 29.9 Å². The van der Waals surface area contributed by atoms with E-state index in [1.165, 1.54) is 24.3 Å². The summed E-state index contributed by atoms with van der Waals surface area (Å²) in [6, 6.07) is 12.9. The van der Waals surface area contributed by atoms with E-state index in [1.54, 1.807) is 18.2 Å². The van der Waals surface area contributed by atoms with Crippen LogP contribution in [0, 0.1) is 11.6 Å². The highest BCUT2D eigenvalue weighted by atomic mass is 127. The quantitative estimate of drug-likeness (QED) is 0.403. The third-order valence-electron chi connectivity index (χ3n) is 3.27. The van der Waals surface area contributed by atoms with E-state index in [0.717, 1.165) is 17.7 Å². The number of halogens is 3. The second kappa shape index (κ2) is 11.0. The van der Waals surface area contributed by atoms with Gasteiger partial charge in [0, 0.05) is 13.1 Å². The Bertz CT molecular complexity index is 645. The maximum absolute atomic E-state index is 13.1.